The van der Waals surface area contributed by atoms with Gasteiger partial charge in [-0.05, 0) is 56.2 Å². The van der Waals surface area contributed by atoms with Crippen LogP contribution in [0, 0.1) is 20.8 Å². The Kier molecular flexibility index (Phi) is 6.64. The molecule has 30 heavy (non-hydrogen) atoms. The number of aryl methyl sites for hydroxylation is 3. The molecular formula is C20H19Cl2N3O3S2. The normalized spacial score (nSPS) is 11.7. The fraction of sp³-hybridized carbons (Fsp3) is 0.200. The van der Waals surface area contributed by atoms with Gasteiger partial charge in [-0.15, -0.1) is 0 Å². The lowest BCUT2D eigenvalue weighted by Crippen LogP contribution is -2.16. The van der Waals surface area contributed by atoms with Crippen LogP contribution in [0.25, 0.3) is 10.9 Å². The second-order valence-electron chi connectivity index (χ2n) is 6.90. The molecule has 0 aliphatic heterocycles. The highest BCUT2D eigenvalue weighted by Crippen LogP contribution is 2.33. The zero-order chi connectivity index (χ0) is 22.2. The number of sulfonamides is 1. The Balaban J connectivity index is 1.77. The molecular weight excluding hydrogens is 465 g/mol. The molecule has 0 aliphatic carbocycles. The molecule has 3 aromatic rings. The lowest BCUT2D eigenvalue weighted by Gasteiger charge is -2.12. The van der Waals surface area contributed by atoms with Crippen molar-refractivity contribution in [2.45, 2.75) is 30.7 Å². The molecule has 0 saturated carbocycles. The molecule has 0 radical (unpaired) electrons. The van der Waals surface area contributed by atoms with E-state index in [0.29, 0.717) is 0 Å². The van der Waals surface area contributed by atoms with Gasteiger partial charge in [-0.1, -0.05) is 46.6 Å². The van der Waals surface area contributed by atoms with Crippen molar-refractivity contribution >= 4 is 67.5 Å². The van der Waals surface area contributed by atoms with Gasteiger partial charge in [0.1, 0.15) is 0 Å². The second kappa shape index (κ2) is 8.72. The largest absolute Gasteiger partial charge is 0.323 e. The maximum absolute atomic E-state index is 12.4. The van der Waals surface area contributed by atoms with E-state index in [1.54, 1.807) is 0 Å². The number of nitrogens with two attached hydrogens (primary N) is 1. The molecule has 0 aliphatic rings. The van der Waals surface area contributed by atoms with Crippen LogP contribution in [-0.2, 0) is 14.8 Å². The van der Waals surface area contributed by atoms with Crippen molar-refractivity contribution < 1.29 is 13.2 Å². The van der Waals surface area contributed by atoms with E-state index >= 15 is 0 Å². The number of carbonyl (C=O) groups excluding carboxylic acids is 1. The van der Waals surface area contributed by atoms with Crippen molar-refractivity contribution in [2.75, 3.05) is 11.1 Å². The van der Waals surface area contributed by atoms with E-state index in [0.717, 1.165) is 39.2 Å². The number of thioether (sulfide) groups is 1. The fourth-order valence-corrected chi connectivity index (χ4v) is 5.08. The van der Waals surface area contributed by atoms with Crippen molar-refractivity contribution in [3.63, 3.8) is 0 Å². The summed E-state index contributed by atoms with van der Waals surface area (Å²) in [6, 6.07) is 8.40. The summed E-state index contributed by atoms with van der Waals surface area (Å²) in [5.74, 6) is -0.278. The van der Waals surface area contributed by atoms with Crippen molar-refractivity contribution in [2.24, 2.45) is 5.14 Å². The number of primary sulfonamides is 1. The molecule has 0 unspecified atom stereocenters. The van der Waals surface area contributed by atoms with Gasteiger partial charge in [0.05, 0.1) is 36.9 Å². The van der Waals surface area contributed by atoms with Crippen LogP contribution in [0.5, 0.6) is 0 Å². The average molecular weight is 484 g/mol. The van der Waals surface area contributed by atoms with E-state index in [4.69, 9.17) is 28.3 Å². The molecule has 2 aromatic carbocycles. The molecule has 10 heteroatoms. The second-order valence-corrected chi connectivity index (χ2v) is 10.3. The molecule has 1 amide bonds. The number of nitrogens with zero attached hydrogens (tertiary/aromatic N) is 1. The summed E-state index contributed by atoms with van der Waals surface area (Å²) in [5.41, 5.74) is 4.37. The third kappa shape index (κ3) is 5.07. The summed E-state index contributed by atoms with van der Waals surface area (Å²) >= 11 is 13.4. The summed E-state index contributed by atoms with van der Waals surface area (Å²) in [6.45, 7) is 6.07. The van der Waals surface area contributed by atoms with Gasteiger partial charge in [0.15, 0.2) is 0 Å². The van der Waals surface area contributed by atoms with Crippen LogP contribution < -0.4 is 10.5 Å². The molecule has 158 valence electrons. The lowest BCUT2D eigenvalue weighted by molar-refractivity contribution is -0.113. The molecule has 6 nitrogen and oxygen atoms in total. The van der Waals surface area contributed by atoms with Crippen molar-refractivity contribution in [3.8, 4) is 0 Å². The number of halogens is 2. The highest BCUT2D eigenvalue weighted by molar-refractivity contribution is 7.99. The van der Waals surface area contributed by atoms with Gasteiger partial charge in [-0.3, -0.25) is 4.79 Å². The van der Waals surface area contributed by atoms with E-state index in [9.17, 15) is 13.2 Å². The summed E-state index contributed by atoms with van der Waals surface area (Å²) in [6.07, 6.45) is 0. The van der Waals surface area contributed by atoms with Crippen LogP contribution in [-0.4, -0.2) is 25.1 Å². The maximum atomic E-state index is 12.4. The van der Waals surface area contributed by atoms with Crippen LogP contribution in [0.15, 0.2) is 40.3 Å². The summed E-state index contributed by atoms with van der Waals surface area (Å²) in [4.78, 5) is 16.9. The molecule has 0 fully saturated rings. The minimum atomic E-state index is -3.96. The number of pyridine rings is 1. The van der Waals surface area contributed by atoms with Crippen LogP contribution in [0.1, 0.15) is 16.7 Å². The first-order valence-corrected chi connectivity index (χ1v) is 12.1. The smallest absolute Gasteiger partial charge is 0.238 e. The van der Waals surface area contributed by atoms with E-state index in [2.05, 4.69) is 22.4 Å². The van der Waals surface area contributed by atoms with Crippen LogP contribution in [0.2, 0.25) is 10.0 Å². The van der Waals surface area contributed by atoms with Gasteiger partial charge < -0.3 is 5.32 Å². The molecule has 1 aromatic heterocycles. The number of fused-ring (bicyclic) bond motifs is 1. The number of benzene rings is 2. The summed E-state index contributed by atoms with van der Waals surface area (Å²) in [5, 5.41) is 9.48. The number of hydrogen-bond donors (Lipinski definition) is 2. The van der Waals surface area contributed by atoms with E-state index in [1.807, 2.05) is 26.8 Å². The topological polar surface area (TPSA) is 102 Å². The number of aromatic nitrogens is 1. The number of anilines is 1. The quantitative estimate of drug-likeness (QED) is 0.505. The monoisotopic (exact) mass is 483 g/mol. The van der Waals surface area contributed by atoms with E-state index < -0.39 is 10.0 Å². The average Bonchev–Trinajstić information content (AvgIpc) is 2.63. The Morgan fingerprint density at radius 3 is 2.30 bits per heavy atom. The van der Waals surface area contributed by atoms with E-state index in [1.165, 1.54) is 17.3 Å². The SMILES string of the molecule is Cc1cc(C)c2nc(SCC(=O)Nc3c(Cl)cc(S(N)(=O)=O)cc3Cl)cc(C)c2c1. The zero-order valence-corrected chi connectivity index (χ0v) is 19.6. The van der Waals surface area contributed by atoms with Crippen molar-refractivity contribution in [3.05, 3.63) is 57.1 Å². The highest BCUT2D eigenvalue weighted by atomic mass is 35.5. The summed E-state index contributed by atoms with van der Waals surface area (Å²) in [7, 11) is -3.96. The number of amides is 1. The standard InChI is InChI=1S/C20H19Cl2N3O3S2/c1-10-4-12(3)19-14(5-10)11(2)6-18(25-19)29-9-17(26)24-20-15(21)7-13(8-16(20)22)30(23,27)28/h4-8H,9H2,1-3H3,(H,24,26)(H2,23,27,28). The molecule has 0 spiro atoms. The molecule has 1 heterocycles. The number of nitrogens with one attached hydrogen (secondary N) is 1. The van der Waals surface area contributed by atoms with Crippen LogP contribution in [0.3, 0.4) is 0 Å². The Morgan fingerprint density at radius 2 is 1.70 bits per heavy atom. The van der Waals surface area contributed by atoms with Gasteiger partial charge in [-0.25, -0.2) is 18.5 Å². The third-order valence-electron chi connectivity index (χ3n) is 4.39. The highest BCUT2D eigenvalue weighted by Gasteiger charge is 2.17. The first kappa shape index (κ1) is 22.8. The predicted octanol–water partition coefficient (Wildman–Crippen LogP) is 4.85. The van der Waals surface area contributed by atoms with Crippen LogP contribution >= 0.6 is 35.0 Å². The predicted molar refractivity (Wildman–Crippen MR) is 123 cm³/mol. The van der Waals surface area contributed by atoms with Crippen molar-refractivity contribution in [1.29, 1.82) is 0 Å². The number of rotatable bonds is 5. The fourth-order valence-electron chi connectivity index (χ4n) is 3.04. The minimum absolute atomic E-state index is 0.0180. The Labute approximate surface area is 189 Å². The van der Waals surface area contributed by atoms with E-state index in [-0.39, 0.29) is 32.3 Å². The third-order valence-corrected chi connectivity index (χ3v) is 6.79. The molecule has 0 saturated heterocycles. The lowest BCUT2D eigenvalue weighted by atomic mass is 10.0. The summed E-state index contributed by atoms with van der Waals surface area (Å²) < 4.78 is 22.9. The Bertz CT molecular complexity index is 1260. The zero-order valence-electron chi connectivity index (χ0n) is 16.4. The first-order chi connectivity index (χ1) is 14.0. The first-order valence-electron chi connectivity index (χ1n) is 8.79. The minimum Gasteiger partial charge on any atom is -0.323 e. The molecule has 3 N–H and O–H groups in total. The number of carbonyl (C=O) groups is 1. The Hall–Kier alpha value is -1.84. The maximum Gasteiger partial charge on any atom is 0.238 e. The molecule has 0 atom stereocenters. The van der Waals surface area contributed by atoms with Gasteiger partial charge in [-0.2, -0.15) is 0 Å². The van der Waals surface area contributed by atoms with Crippen LogP contribution in [0.4, 0.5) is 5.69 Å². The van der Waals surface area contributed by atoms with Gasteiger partial charge in [0.25, 0.3) is 0 Å². The van der Waals surface area contributed by atoms with Gasteiger partial charge >= 0.3 is 0 Å². The number of hydrogen-bond acceptors (Lipinski definition) is 5. The van der Waals surface area contributed by atoms with Crippen molar-refractivity contribution in [1.82, 2.24) is 4.98 Å². The Morgan fingerprint density at radius 1 is 1.07 bits per heavy atom. The molecule has 3 rings (SSSR count). The molecule has 0 bridgehead atoms. The van der Waals surface area contributed by atoms with Gasteiger partial charge in [0, 0.05) is 5.39 Å². The van der Waals surface area contributed by atoms with Gasteiger partial charge in [0.2, 0.25) is 15.9 Å².